The number of likely N-dealkylation sites (tertiary alicyclic amines) is 1. The van der Waals surface area contributed by atoms with Gasteiger partial charge in [0.15, 0.2) is 0 Å². The van der Waals surface area contributed by atoms with Gasteiger partial charge in [0.05, 0.1) is 18.8 Å². The van der Waals surface area contributed by atoms with E-state index in [9.17, 15) is 14.0 Å². The number of piperidine rings is 1. The van der Waals surface area contributed by atoms with Crippen molar-refractivity contribution in [3.05, 3.63) is 11.8 Å². The van der Waals surface area contributed by atoms with Gasteiger partial charge in [0.2, 0.25) is 0 Å². The van der Waals surface area contributed by atoms with Crippen LogP contribution in [0.4, 0.5) is 15.0 Å². The molecule has 0 spiro atoms. The summed E-state index contributed by atoms with van der Waals surface area (Å²) in [6.07, 6.45) is 0.457. The summed E-state index contributed by atoms with van der Waals surface area (Å²) in [6, 6.07) is 0.927. The van der Waals surface area contributed by atoms with Gasteiger partial charge in [-0.05, 0) is 19.8 Å². The summed E-state index contributed by atoms with van der Waals surface area (Å²) in [6.45, 7) is 2.70. The molecular formula is C14H20FN5O2. The maximum Gasteiger partial charge on any atom is 0.318 e. The Balaban J connectivity index is 1.67. The van der Waals surface area contributed by atoms with Crippen molar-refractivity contribution in [2.24, 2.45) is 7.05 Å². The van der Waals surface area contributed by atoms with Gasteiger partial charge in [-0.15, -0.1) is 0 Å². The fraction of sp³-hybridized carbons (Fsp3) is 0.643. The highest BCUT2D eigenvalue weighted by Crippen LogP contribution is 2.22. The highest BCUT2D eigenvalue weighted by Gasteiger charge is 2.36. The molecule has 3 rings (SSSR count). The first-order valence-electron chi connectivity index (χ1n) is 7.47. The summed E-state index contributed by atoms with van der Waals surface area (Å²) in [4.78, 5) is 27.6. The molecule has 1 atom stereocenters. The number of nitrogens with zero attached hydrogens (tertiary/aromatic N) is 4. The molecule has 7 nitrogen and oxygen atoms in total. The number of hydrogen-bond acceptors (Lipinski definition) is 3. The Morgan fingerprint density at radius 2 is 2.18 bits per heavy atom. The lowest BCUT2D eigenvalue weighted by Gasteiger charge is -2.37. The number of carbonyl (C=O) groups excluding carboxylic acids is 2. The van der Waals surface area contributed by atoms with Gasteiger partial charge in [-0.1, -0.05) is 0 Å². The van der Waals surface area contributed by atoms with Crippen LogP contribution in [0.2, 0.25) is 0 Å². The van der Waals surface area contributed by atoms with Gasteiger partial charge in [-0.25, -0.2) is 9.18 Å². The number of aromatic nitrogens is 2. The van der Waals surface area contributed by atoms with Gasteiger partial charge >= 0.3 is 6.03 Å². The molecule has 2 aliphatic rings. The zero-order valence-corrected chi connectivity index (χ0v) is 12.8. The maximum absolute atomic E-state index is 12.8. The largest absolute Gasteiger partial charge is 0.326 e. The molecule has 0 radical (unpaired) electrons. The zero-order chi connectivity index (χ0) is 15.9. The van der Waals surface area contributed by atoms with Gasteiger partial charge in [0, 0.05) is 19.7 Å². The van der Waals surface area contributed by atoms with Gasteiger partial charge in [-0.2, -0.15) is 5.10 Å². The summed E-state index contributed by atoms with van der Waals surface area (Å²) in [7, 11) is 1.79. The third kappa shape index (κ3) is 2.65. The molecular weight excluding hydrogens is 289 g/mol. The molecule has 120 valence electrons. The van der Waals surface area contributed by atoms with E-state index in [-0.39, 0.29) is 25.0 Å². The Morgan fingerprint density at radius 1 is 1.45 bits per heavy atom. The lowest BCUT2D eigenvalue weighted by molar-refractivity contribution is -0.121. The van der Waals surface area contributed by atoms with E-state index < -0.39 is 12.2 Å². The summed E-state index contributed by atoms with van der Waals surface area (Å²) < 4.78 is 14.5. The van der Waals surface area contributed by atoms with Gasteiger partial charge < -0.3 is 10.2 Å². The van der Waals surface area contributed by atoms with Crippen molar-refractivity contribution in [2.45, 2.75) is 32.0 Å². The van der Waals surface area contributed by atoms with Gasteiger partial charge in [0.1, 0.15) is 18.0 Å². The van der Waals surface area contributed by atoms with Gasteiger partial charge in [-0.3, -0.25) is 14.4 Å². The monoisotopic (exact) mass is 309 g/mol. The molecule has 1 aromatic heterocycles. The molecule has 3 amide bonds. The Kier molecular flexibility index (Phi) is 3.76. The van der Waals surface area contributed by atoms with E-state index in [1.807, 2.05) is 13.0 Å². The third-order valence-electron chi connectivity index (χ3n) is 4.11. The first-order chi connectivity index (χ1) is 10.5. The Bertz CT molecular complexity index is 596. The van der Waals surface area contributed by atoms with Crippen LogP contribution in [0.1, 0.15) is 18.5 Å². The Labute approximate surface area is 128 Å². The van der Waals surface area contributed by atoms with Crippen molar-refractivity contribution < 1.29 is 14.0 Å². The molecule has 2 aliphatic heterocycles. The Hall–Kier alpha value is -2.12. The topological polar surface area (TPSA) is 70.5 Å². The lowest BCUT2D eigenvalue weighted by Crippen LogP contribution is -2.60. The van der Waals surface area contributed by atoms with Crippen LogP contribution in [0.25, 0.3) is 0 Å². The molecule has 8 heteroatoms. The first kappa shape index (κ1) is 14.8. The number of aryl methyl sites for hydroxylation is 2. The number of urea groups is 1. The van der Waals surface area contributed by atoms with Crippen molar-refractivity contribution in [1.29, 1.82) is 0 Å². The van der Waals surface area contributed by atoms with Crippen LogP contribution in [0.15, 0.2) is 6.07 Å². The van der Waals surface area contributed by atoms with E-state index in [0.717, 1.165) is 17.9 Å². The van der Waals surface area contributed by atoms with E-state index in [1.165, 1.54) is 4.90 Å². The predicted octanol–water partition coefficient (Wildman–Crippen LogP) is 0.587. The van der Waals surface area contributed by atoms with Crippen LogP contribution in [0.3, 0.4) is 0 Å². The van der Waals surface area contributed by atoms with Crippen LogP contribution in [-0.2, 0) is 11.8 Å². The average molecular weight is 309 g/mol. The minimum absolute atomic E-state index is 0.109. The number of amides is 3. The fourth-order valence-corrected chi connectivity index (χ4v) is 2.92. The molecule has 2 fully saturated rings. The smallest absolute Gasteiger partial charge is 0.318 e. The SMILES string of the molecule is Cc1cc(N2CCCC(NC(=O)N3CC(F)C3)C2=O)n(C)n1. The fourth-order valence-electron chi connectivity index (χ4n) is 2.92. The number of nitrogens with one attached hydrogen (secondary N) is 1. The molecule has 0 bridgehead atoms. The molecule has 0 aromatic carbocycles. The highest BCUT2D eigenvalue weighted by atomic mass is 19.1. The van der Waals surface area contributed by atoms with E-state index in [2.05, 4.69) is 10.4 Å². The van der Waals surface area contributed by atoms with Crippen molar-refractivity contribution in [3.63, 3.8) is 0 Å². The minimum Gasteiger partial charge on any atom is -0.326 e. The lowest BCUT2D eigenvalue weighted by atomic mass is 10.0. The quantitative estimate of drug-likeness (QED) is 0.869. The standard InChI is InChI=1S/C14H20FN5O2/c1-9-6-12(18(2)17-9)20-5-3-4-11(13(20)21)16-14(22)19-7-10(15)8-19/h6,10-11H,3-5,7-8H2,1-2H3,(H,16,22). The second-order valence-electron chi connectivity index (χ2n) is 5.90. The molecule has 22 heavy (non-hydrogen) atoms. The molecule has 2 saturated heterocycles. The number of halogens is 1. The highest BCUT2D eigenvalue weighted by molar-refractivity contribution is 5.99. The zero-order valence-electron chi connectivity index (χ0n) is 12.8. The number of hydrogen-bond donors (Lipinski definition) is 1. The first-order valence-corrected chi connectivity index (χ1v) is 7.47. The maximum atomic E-state index is 12.8. The van der Waals surface area contributed by atoms with Crippen molar-refractivity contribution in [3.8, 4) is 0 Å². The minimum atomic E-state index is -0.943. The second kappa shape index (κ2) is 5.58. The van der Waals surface area contributed by atoms with Gasteiger partial charge in [0.25, 0.3) is 5.91 Å². The van der Waals surface area contributed by atoms with Crippen LogP contribution in [-0.4, -0.2) is 58.5 Å². The van der Waals surface area contributed by atoms with Crippen LogP contribution in [0.5, 0.6) is 0 Å². The van der Waals surface area contributed by atoms with Crippen molar-refractivity contribution in [1.82, 2.24) is 20.0 Å². The van der Waals surface area contributed by atoms with E-state index in [4.69, 9.17) is 0 Å². The van der Waals surface area contributed by atoms with Crippen LogP contribution in [0, 0.1) is 6.92 Å². The molecule has 1 unspecified atom stereocenters. The molecule has 0 saturated carbocycles. The molecule has 0 aliphatic carbocycles. The average Bonchev–Trinajstić information content (AvgIpc) is 2.76. The third-order valence-corrected chi connectivity index (χ3v) is 4.11. The summed E-state index contributed by atoms with van der Waals surface area (Å²) in [5, 5.41) is 6.97. The number of rotatable bonds is 2. The molecule has 3 heterocycles. The van der Waals surface area contributed by atoms with Crippen molar-refractivity contribution in [2.75, 3.05) is 24.5 Å². The predicted molar refractivity (Wildman–Crippen MR) is 78.3 cm³/mol. The van der Waals surface area contributed by atoms with Crippen LogP contribution >= 0.6 is 0 Å². The number of carbonyl (C=O) groups is 2. The van der Waals surface area contributed by atoms with E-state index in [0.29, 0.717) is 13.0 Å². The molecule has 1 N–H and O–H groups in total. The second-order valence-corrected chi connectivity index (χ2v) is 5.90. The van der Waals surface area contributed by atoms with Crippen molar-refractivity contribution >= 4 is 17.8 Å². The van der Waals surface area contributed by atoms with E-state index >= 15 is 0 Å². The number of anilines is 1. The molecule has 1 aromatic rings. The number of alkyl halides is 1. The normalized spacial score (nSPS) is 22.7. The Morgan fingerprint density at radius 3 is 2.77 bits per heavy atom. The van der Waals surface area contributed by atoms with Crippen LogP contribution < -0.4 is 10.2 Å². The summed E-state index contributed by atoms with van der Waals surface area (Å²) in [5.41, 5.74) is 0.839. The van der Waals surface area contributed by atoms with E-state index in [1.54, 1.807) is 16.6 Å². The summed E-state index contributed by atoms with van der Waals surface area (Å²) in [5.74, 6) is 0.592. The summed E-state index contributed by atoms with van der Waals surface area (Å²) >= 11 is 0.